The van der Waals surface area contributed by atoms with Gasteiger partial charge in [-0.25, -0.2) is 0 Å². The third kappa shape index (κ3) is 5.17. The number of methoxy groups -OCH3 is 1. The van der Waals surface area contributed by atoms with Gasteiger partial charge < -0.3 is 9.47 Å². The minimum absolute atomic E-state index is 0.120. The zero-order chi connectivity index (χ0) is 21.7. The fourth-order valence-electron chi connectivity index (χ4n) is 2.84. The molecule has 0 aliphatic heterocycles. The van der Waals surface area contributed by atoms with E-state index in [1.807, 2.05) is 25.1 Å². The lowest BCUT2D eigenvalue weighted by Gasteiger charge is -2.13. The topological polar surface area (TPSA) is 53.4 Å². The van der Waals surface area contributed by atoms with Crippen LogP contribution >= 0.6 is 34.8 Å². The second-order valence-corrected chi connectivity index (χ2v) is 7.51. The van der Waals surface area contributed by atoms with Crippen molar-refractivity contribution in [1.29, 1.82) is 0 Å². The molecule has 0 fully saturated rings. The van der Waals surface area contributed by atoms with Gasteiger partial charge in [-0.15, -0.1) is 0 Å². The summed E-state index contributed by atoms with van der Waals surface area (Å²) in [4.78, 5) is 12.4. The van der Waals surface area contributed by atoms with Gasteiger partial charge in [-0.05, 0) is 42.8 Å². The molecule has 5 nitrogen and oxygen atoms in total. The van der Waals surface area contributed by atoms with Gasteiger partial charge in [-0.3, -0.25) is 9.48 Å². The van der Waals surface area contributed by atoms with E-state index in [4.69, 9.17) is 44.3 Å². The minimum atomic E-state index is -0.120. The lowest BCUT2D eigenvalue weighted by molar-refractivity contribution is 0.103. The second-order valence-electron chi connectivity index (χ2n) is 6.29. The molecule has 0 amide bonds. The first-order valence-corrected chi connectivity index (χ1v) is 10.2. The smallest absolute Gasteiger partial charge is 0.203 e. The molecular weight excluding hydrogens is 447 g/mol. The van der Waals surface area contributed by atoms with Crippen molar-refractivity contribution in [2.75, 3.05) is 7.11 Å². The van der Waals surface area contributed by atoms with E-state index >= 15 is 0 Å². The normalized spacial score (nSPS) is 11.1. The Morgan fingerprint density at radius 1 is 1.07 bits per heavy atom. The van der Waals surface area contributed by atoms with Crippen molar-refractivity contribution in [3.8, 4) is 11.5 Å². The highest BCUT2D eigenvalue weighted by Gasteiger charge is 2.11. The number of benzene rings is 2. The summed E-state index contributed by atoms with van der Waals surface area (Å²) in [5.74, 6) is 0.946. The quantitative estimate of drug-likeness (QED) is 0.221. The van der Waals surface area contributed by atoms with E-state index in [0.717, 1.165) is 11.1 Å². The average Bonchev–Trinajstić information content (AvgIpc) is 3.22. The Bertz CT molecular complexity index is 1090. The van der Waals surface area contributed by atoms with Gasteiger partial charge in [0.05, 0.1) is 22.2 Å². The van der Waals surface area contributed by atoms with E-state index in [9.17, 15) is 4.79 Å². The monoisotopic (exact) mass is 464 g/mol. The SMILES string of the molecule is CCn1nccc1C(=O)/C=C/c1ccc(OC)c(COc2cc(Cl)c(Cl)cc2Cl)c1. The molecule has 0 N–H and O–H groups in total. The highest BCUT2D eigenvalue weighted by Crippen LogP contribution is 2.34. The van der Waals surface area contributed by atoms with Crippen LogP contribution in [0.15, 0.2) is 48.7 Å². The van der Waals surface area contributed by atoms with Crippen LogP contribution < -0.4 is 9.47 Å². The maximum absolute atomic E-state index is 12.4. The molecule has 0 atom stereocenters. The first kappa shape index (κ1) is 22.2. The van der Waals surface area contributed by atoms with Crippen LogP contribution in [0.4, 0.5) is 0 Å². The molecule has 0 aliphatic rings. The molecule has 156 valence electrons. The molecule has 0 saturated carbocycles. The van der Waals surface area contributed by atoms with Crippen LogP contribution in [-0.2, 0) is 13.2 Å². The van der Waals surface area contributed by atoms with Gasteiger partial charge in [0.2, 0.25) is 5.78 Å². The van der Waals surface area contributed by atoms with E-state index in [2.05, 4.69) is 5.10 Å². The van der Waals surface area contributed by atoms with Crippen LogP contribution in [0.25, 0.3) is 6.08 Å². The number of aryl methyl sites for hydroxylation is 1. The first-order chi connectivity index (χ1) is 14.4. The van der Waals surface area contributed by atoms with Crippen LogP contribution in [0, 0.1) is 0 Å². The summed E-state index contributed by atoms with van der Waals surface area (Å²) in [7, 11) is 1.58. The molecule has 8 heteroatoms. The Morgan fingerprint density at radius 3 is 2.57 bits per heavy atom. The van der Waals surface area contributed by atoms with Crippen LogP contribution in [-0.4, -0.2) is 22.7 Å². The summed E-state index contributed by atoms with van der Waals surface area (Å²) >= 11 is 18.2. The Hall–Kier alpha value is -2.47. The molecule has 0 unspecified atom stereocenters. The fraction of sp³-hybridized carbons (Fsp3) is 0.182. The van der Waals surface area contributed by atoms with Gasteiger partial charge in [0.25, 0.3) is 0 Å². The maximum atomic E-state index is 12.4. The Morgan fingerprint density at radius 2 is 1.83 bits per heavy atom. The van der Waals surface area contributed by atoms with Gasteiger partial charge in [0.1, 0.15) is 23.8 Å². The van der Waals surface area contributed by atoms with Crippen LogP contribution in [0.2, 0.25) is 15.1 Å². The van der Waals surface area contributed by atoms with E-state index in [1.54, 1.807) is 36.2 Å². The third-order valence-electron chi connectivity index (χ3n) is 4.36. The third-order valence-corrected chi connectivity index (χ3v) is 5.38. The van der Waals surface area contributed by atoms with Gasteiger partial charge in [-0.1, -0.05) is 46.9 Å². The van der Waals surface area contributed by atoms with Crippen molar-refractivity contribution in [2.24, 2.45) is 0 Å². The molecule has 1 aromatic heterocycles. The molecule has 1 heterocycles. The second kappa shape index (κ2) is 10.0. The number of hydrogen-bond acceptors (Lipinski definition) is 4. The maximum Gasteiger partial charge on any atom is 0.203 e. The lowest BCUT2D eigenvalue weighted by Crippen LogP contribution is -2.07. The highest BCUT2D eigenvalue weighted by molar-refractivity contribution is 6.43. The highest BCUT2D eigenvalue weighted by atomic mass is 35.5. The average molecular weight is 466 g/mol. The van der Waals surface area contributed by atoms with Crippen LogP contribution in [0.1, 0.15) is 28.5 Å². The molecule has 3 rings (SSSR count). The number of carbonyl (C=O) groups is 1. The standard InChI is InChI=1S/C22H19Cl3N2O3/c1-3-27-19(8-9-26-27)20(28)6-4-14-5-7-21(29-2)15(10-14)13-30-22-12-17(24)16(23)11-18(22)25/h4-12H,3,13H2,1-2H3/b6-4+. The van der Waals surface area contributed by atoms with Crippen LogP contribution in [0.3, 0.4) is 0 Å². The molecule has 0 bridgehead atoms. The number of nitrogens with zero attached hydrogens (tertiary/aromatic N) is 2. The molecule has 0 radical (unpaired) electrons. The summed E-state index contributed by atoms with van der Waals surface area (Å²) in [6.07, 6.45) is 4.87. The van der Waals surface area contributed by atoms with E-state index in [0.29, 0.717) is 38.8 Å². The van der Waals surface area contributed by atoms with Gasteiger partial charge in [0.15, 0.2) is 0 Å². The zero-order valence-electron chi connectivity index (χ0n) is 16.4. The van der Waals surface area contributed by atoms with Crippen molar-refractivity contribution >= 4 is 46.7 Å². The number of ketones is 1. The van der Waals surface area contributed by atoms with Crippen molar-refractivity contribution in [3.05, 3.63) is 80.6 Å². The molecule has 0 aliphatic carbocycles. The largest absolute Gasteiger partial charge is 0.496 e. The first-order valence-electron chi connectivity index (χ1n) is 9.11. The van der Waals surface area contributed by atoms with E-state index < -0.39 is 0 Å². The fourth-order valence-corrected chi connectivity index (χ4v) is 3.43. The van der Waals surface area contributed by atoms with Crippen LogP contribution in [0.5, 0.6) is 11.5 Å². The Balaban J connectivity index is 1.78. The number of carbonyl (C=O) groups excluding carboxylic acids is 1. The number of hydrogen-bond donors (Lipinski definition) is 0. The molecule has 0 spiro atoms. The molecular formula is C22H19Cl3N2O3. The predicted molar refractivity (Wildman–Crippen MR) is 120 cm³/mol. The Kier molecular flexibility index (Phi) is 7.43. The summed E-state index contributed by atoms with van der Waals surface area (Å²) in [6, 6.07) is 10.3. The van der Waals surface area contributed by atoms with Gasteiger partial charge in [0, 0.05) is 24.4 Å². The number of allylic oxidation sites excluding steroid dienone is 1. The Labute approximate surface area is 189 Å². The predicted octanol–water partition coefficient (Wildman–Crippen LogP) is 6.35. The minimum Gasteiger partial charge on any atom is -0.496 e. The molecule has 2 aromatic carbocycles. The number of ether oxygens (including phenoxy) is 2. The summed E-state index contributed by atoms with van der Waals surface area (Å²) in [6.45, 7) is 2.76. The van der Waals surface area contributed by atoms with Gasteiger partial charge in [-0.2, -0.15) is 5.10 Å². The number of aromatic nitrogens is 2. The molecule has 30 heavy (non-hydrogen) atoms. The lowest BCUT2D eigenvalue weighted by atomic mass is 10.1. The van der Waals surface area contributed by atoms with Crippen molar-refractivity contribution in [3.63, 3.8) is 0 Å². The van der Waals surface area contributed by atoms with E-state index in [1.165, 1.54) is 12.1 Å². The molecule has 3 aromatic rings. The summed E-state index contributed by atoms with van der Waals surface area (Å²) < 4.78 is 12.9. The number of halogens is 3. The zero-order valence-corrected chi connectivity index (χ0v) is 18.6. The molecule has 0 saturated heterocycles. The van der Waals surface area contributed by atoms with E-state index in [-0.39, 0.29) is 12.4 Å². The van der Waals surface area contributed by atoms with Crippen molar-refractivity contribution in [1.82, 2.24) is 9.78 Å². The summed E-state index contributed by atoms with van der Waals surface area (Å²) in [5.41, 5.74) is 2.15. The summed E-state index contributed by atoms with van der Waals surface area (Å²) in [5, 5.41) is 5.18. The number of rotatable bonds is 8. The van der Waals surface area contributed by atoms with Gasteiger partial charge >= 0.3 is 0 Å². The van der Waals surface area contributed by atoms with Crippen molar-refractivity contribution in [2.45, 2.75) is 20.1 Å². The van der Waals surface area contributed by atoms with Crippen molar-refractivity contribution < 1.29 is 14.3 Å².